The van der Waals surface area contributed by atoms with E-state index in [4.69, 9.17) is 32.7 Å². The topological polar surface area (TPSA) is 67.9 Å². The maximum Gasteiger partial charge on any atom is 0.243 e. The Bertz CT molecular complexity index is 1250. The molecule has 0 fully saturated rings. The first-order valence-electron chi connectivity index (χ1n) is 13.7. The summed E-state index contributed by atoms with van der Waals surface area (Å²) >= 11 is 13.0. The molecule has 3 aromatic carbocycles. The lowest BCUT2D eigenvalue weighted by molar-refractivity contribution is -0.141. The highest BCUT2D eigenvalue weighted by Crippen LogP contribution is 2.30. The summed E-state index contributed by atoms with van der Waals surface area (Å²) in [6.07, 6.45) is 0.995. The van der Waals surface area contributed by atoms with Gasteiger partial charge in [-0.2, -0.15) is 0 Å². The van der Waals surface area contributed by atoms with E-state index in [0.29, 0.717) is 53.2 Å². The second kappa shape index (κ2) is 15.5. The Hall–Kier alpha value is -3.22. The van der Waals surface area contributed by atoms with Gasteiger partial charge in [-0.3, -0.25) is 9.59 Å². The molecular formula is C32H38Cl2N2O4. The third kappa shape index (κ3) is 8.90. The molecule has 1 N–H and O–H groups in total. The molecule has 0 spiro atoms. The zero-order chi connectivity index (χ0) is 29.1. The molecule has 214 valence electrons. The fraction of sp³-hybridized carbons (Fsp3) is 0.375. The highest BCUT2D eigenvalue weighted by Gasteiger charge is 2.31. The lowest BCUT2D eigenvalue weighted by atomic mass is 10.0. The van der Waals surface area contributed by atoms with Gasteiger partial charge in [-0.1, -0.05) is 65.7 Å². The first kappa shape index (κ1) is 31.3. The van der Waals surface area contributed by atoms with Crippen molar-refractivity contribution < 1.29 is 19.1 Å². The van der Waals surface area contributed by atoms with Gasteiger partial charge >= 0.3 is 0 Å². The van der Waals surface area contributed by atoms with E-state index in [0.717, 1.165) is 11.1 Å². The van der Waals surface area contributed by atoms with Crippen molar-refractivity contribution >= 4 is 35.0 Å². The second-order valence-corrected chi connectivity index (χ2v) is 10.6. The number of hydrogen-bond donors (Lipinski definition) is 1. The maximum absolute atomic E-state index is 13.9. The van der Waals surface area contributed by atoms with Crippen molar-refractivity contribution in [3.8, 4) is 11.5 Å². The van der Waals surface area contributed by atoms with Crippen LogP contribution in [0.25, 0.3) is 0 Å². The van der Waals surface area contributed by atoms with E-state index in [1.807, 2.05) is 76.2 Å². The smallest absolute Gasteiger partial charge is 0.243 e. The van der Waals surface area contributed by atoms with Crippen LogP contribution in [0.3, 0.4) is 0 Å². The molecule has 0 aliphatic heterocycles. The second-order valence-electron chi connectivity index (χ2n) is 9.74. The lowest BCUT2D eigenvalue weighted by Crippen LogP contribution is -2.51. The highest BCUT2D eigenvalue weighted by molar-refractivity contribution is 6.36. The summed E-state index contributed by atoms with van der Waals surface area (Å²) in [4.78, 5) is 29.1. The molecular weight excluding hydrogens is 547 g/mol. The van der Waals surface area contributed by atoms with Crippen molar-refractivity contribution in [2.24, 2.45) is 0 Å². The molecule has 40 heavy (non-hydrogen) atoms. The van der Waals surface area contributed by atoms with Gasteiger partial charge in [0.2, 0.25) is 11.8 Å². The summed E-state index contributed by atoms with van der Waals surface area (Å²) in [6.45, 7) is 8.77. The first-order chi connectivity index (χ1) is 19.2. The van der Waals surface area contributed by atoms with Crippen LogP contribution < -0.4 is 14.8 Å². The Morgan fingerprint density at radius 2 is 1.50 bits per heavy atom. The molecule has 3 rings (SSSR count). The summed E-state index contributed by atoms with van der Waals surface area (Å²) in [5.74, 6) is 0.910. The summed E-state index contributed by atoms with van der Waals surface area (Å²) in [6, 6.07) is 19.8. The fourth-order valence-corrected chi connectivity index (χ4v) is 4.95. The predicted octanol–water partition coefficient (Wildman–Crippen LogP) is 6.89. The molecule has 6 nitrogen and oxygen atoms in total. The van der Waals surface area contributed by atoms with Gasteiger partial charge in [0.15, 0.2) is 11.5 Å². The minimum absolute atomic E-state index is 0.0903. The zero-order valence-electron chi connectivity index (χ0n) is 23.6. The number of halogens is 2. The van der Waals surface area contributed by atoms with Crippen molar-refractivity contribution in [2.75, 3.05) is 13.2 Å². The third-order valence-corrected chi connectivity index (χ3v) is 7.04. The number of nitrogens with zero attached hydrogens (tertiary/aromatic N) is 1. The SMILES string of the molecule is CCOc1ccc(CCC(=O)N(Cc2c(Cl)cccc2Cl)[C@@H](Cc2ccccc2)C(=O)NC(C)C)cc1OCC. The van der Waals surface area contributed by atoms with E-state index < -0.39 is 6.04 Å². The van der Waals surface area contributed by atoms with Gasteiger partial charge in [0.25, 0.3) is 0 Å². The van der Waals surface area contributed by atoms with E-state index >= 15 is 0 Å². The molecule has 8 heteroatoms. The van der Waals surface area contributed by atoms with E-state index in [-0.39, 0.29) is 30.8 Å². The van der Waals surface area contributed by atoms with Crippen molar-refractivity contribution in [2.45, 2.75) is 65.6 Å². The third-order valence-electron chi connectivity index (χ3n) is 6.33. The Balaban J connectivity index is 1.94. The van der Waals surface area contributed by atoms with Gasteiger partial charge < -0.3 is 19.7 Å². The molecule has 0 unspecified atom stereocenters. The standard InChI is InChI=1S/C32H38Cl2N2O4/c1-5-39-29-17-15-24(20-30(29)40-6-2)16-18-31(37)36(21-25-26(33)13-10-14-27(25)34)28(32(38)35-22(3)4)19-23-11-8-7-9-12-23/h7-15,17,20,22,28H,5-6,16,18-19,21H2,1-4H3,(H,35,38)/t28-/m0/s1. The molecule has 0 saturated carbocycles. The van der Waals surface area contributed by atoms with E-state index in [9.17, 15) is 9.59 Å². The molecule has 0 aliphatic carbocycles. The Morgan fingerprint density at radius 3 is 2.12 bits per heavy atom. The van der Waals surface area contributed by atoms with Crippen molar-refractivity contribution in [3.05, 3.63) is 93.5 Å². The number of amides is 2. The normalized spacial score (nSPS) is 11.7. The number of carbonyl (C=O) groups is 2. The number of benzene rings is 3. The predicted molar refractivity (Wildman–Crippen MR) is 161 cm³/mol. The van der Waals surface area contributed by atoms with Gasteiger partial charge in [-0.15, -0.1) is 0 Å². The summed E-state index contributed by atoms with van der Waals surface area (Å²) in [7, 11) is 0. The minimum Gasteiger partial charge on any atom is -0.490 e. The number of nitrogens with one attached hydrogen (secondary N) is 1. The first-order valence-corrected chi connectivity index (χ1v) is 14.4. The van der Waals surface area contributed by atoms with Crippen LogP contribution in [-0.2, 0) is 29.0 Å². The molecule has 2 amide bonds. The maximum atomic E-state index is 13.9. The number of aryl methyl sites for hydroxylation is 1. The summed E-state index contributed by atoms with van der Waals surface area (Å²) in [5.41, 5.74) is 2.49. The quantitative estimate of drug-likeness (QED) is 0.224. The van der Waals surface area contributed by atoms with Crippen molar-refractivity contribution in [1.29, 1.82) is 0 Å². The molecule has 1 atom stereocenters. The van der Waals surface area contributed by atoms with Gasteiger partial charge in [-0.05, 0) is 69.5 Å². The lowest BCUT2D eigenvalue weighted by Gasteiger charge is -2.32. The Morgan fingerprint density at radius 1 is 0.850 bits per heavy atom. The Labute approximate surface area is 247 Å². The average Bonchev–Trinajstić information content (AvgIpc) is 2.92. The van der Waals surface area contributed by atoms with Crippen LogP contribution in [-0.4, -0.2) is 42.0 Å². The summed E-state index contributed by atoms with van der Waals surface area (Å²) < 4.78 is 11.4. The van der Waals surface area contributed by atoms with Crippen LogP contribution in [0, 0.1) is 0 Å². The van der Waals surface area contributed by atoms with Gasteiger partial charge in [0, 0.05) is 41.0 Å². The van der Waals surface area contributed by atoms with Gasteiger partial charge in [0.05, 0.1) is 13.2 Å². The monoisotopic (exact) mass is 584 g/mol. The molecule has 3 aromatic rings. The van der Waals surface area contributed by atoms with Crippen LogP contribution >= 0.6 is 23.2 Å². The van der Waals surface area contributed by atoms with Crippen molar-refractivity contribution in [1.82, 2.24) is 10.2 Å². The van der Waals surface area contributed by atoms with Crippen molar-refractivity contribution in [3.63, 3.8) is 0 Å². The van der Waals surface area contributed by atoms with Gasteiger partial charge in [-0.25, -0.2) is 0 Å². The van der Waals surface area contributed by atoms with Crippen LogP contribution in [0.4, 0.5) is 0 Å². The molecule has 0 bridgehead atoms. The van der Waals surface area contributed by atoms with E-state index in [2.05, 4.69) is 5.32 Å². The largest absolute Gasteiger partial charge is 0.490 e. The van der Waals surface area contributed by atoms with Crippen LogP contribution in [0.1, 0.15) is 50.8 Å². The van der Waals surface area contributed by atoms with E-state index in [1.54, 1.807) is 23.1 Å². The van der Waals surface area contributed by atoms with Crippen LogP contribution in [0.2, 0.25) is 10.0 Å². The molecule has 0 radical (unpaired) electrons. The number of carbonyl (C=O) groups excluding carboxylic acids is 2. The number of rotatable bonds is 14. The molecule has 0 aliphatic rings. The average molecular weight is 586 g/mol. The van der Waals surface area contributed by atoms with E-state index in [1.165, 1.54) is 0 Å². The molecule has 0 saturated heterocycles. The highest BCUT2D eigenvalue weighted by atomic mass is 35.5. The van der Waals surface area contributed by atoms with Crippen LogP contribution in [0.5, 0.6) is 11.5 Å². The fourth-order valence-electron chi connectivity index (χ4n) is 4.43. The minimum atomic E-state index is -0.760. The van der Waals surface area contributed by atoms with Crippen LogP contribution in [0.15, 0.2) is 66.7 Å². The molecule has 0 heterocycles. The Kier molecular flexibility index (Phi) is 12.2. The number of ether oxygens (including phenoxy) is 2. The molecule has 0 aromatic heterocycles. The zero-order valence-corrected chi connectivity index (χ0v) is 25.1. The van der Waals surface area contributed by atoms with Gasteiger partial charge in [0.1, 0.15) is 6.04 Å². The summed E-state index contributed by atoms with van der Waals surface area (Å²) in [5, 5.41) is 3.89. The number of hydrogen-bond acceptors (Lipinski definition) is 4.